The van der Waals surface area contributed by atoms with Crippen LogP contribution in [0, 0.1) is 0 Å². The summed E-state index contributed by atoms with van der Waals surface area (Å²) in [6.07, 6.45) is -2.93. The molecule has 5 atom stereocenters. The number of aliphatic hydroxyl groups excluding tert-OH is 1. The third-order valence-corrected chi connectivity index (χ3v) is 8.15. The van der Waals surface area contributed by atoms with Crippen molar-refractivity contribution in [3.63, 3.8) is 0 Å². The summed E-state index contributed by atoms with van der Waals surface area (Å²) in [6, 6.07) is 19.3. The Labute approximate surface area is 300 Å². The van der Waals surface area contributed by atoms with Gasteiger partial charge >= 0.3 is 11.9 Å². The van der Waals surface area contributed by atoms with Gasteiger partial charge in [0.1, 0.15) is 45.8 Å². The molecule has 1 saturated heterocycles. The summed E-state index contributed by atoms with van der Waals surface area (Å²) < 4.78 is 29.1. The topological polar surface area (TPSA) is 223 Å². The zero-order chi connectivity index (χ0) is 37.8. The van der Waals surface area contributed by atoms with E-state index in [1.54, 1.807) is 12.1 Å². The Morgan fingerprint density at radius 1 is 0.698 bits per heavy atom. The minimum absolute atomic E-state index is 0.00905. The van der Waals surface area contributed by atoms with E-state index < -0.39 is 65.3 Å². The van der Waals surface area contributed by atoms with Crippen LogP contribution in [0.4, 0.5) is 0 Å². The van der Waals surface area contributed by atoms with Gasteiger partial charge in [-0.1, -0.05) is 24.3 Å². The van der Waals surface area contributed by atoms with E-state index in [4.69, 9.17) is 23.4 Å². The zero-order valence-electron chi connectivity index (χ0n) is 27.7. The van der Waals surface area contributed by atoms with Crippen molar-refractivity contribution in [2.24, 2.45) is 0 Å². The number of esters is 2. The average molecular weight is 725 g/mol. The van der Waals surface area contributed by atoms with E-state index >= 15 is 0 Å². The van der Waals surface area contributed by atoms with Crippen molar-refractivity contribution in [3.05, 3.63) is 118 Å². The monoisotopic (exact) mass is 724 g/mol. The van der Waals surface area contributed by atoms with E-state index in [1.165, 1.54) is 79.7 Å². The molecule has 6 rings (SSSR count). The molecule has 6 N–H and O–H groups in total. The molecule has 1 aromatic heterocycles. The number of aromatic hydroxyl groups is 5. The second-order valence-corrected chi connectivity index (χ2v) is 11.9. The minimum Gasteiger partial charge on any atom is -0.508 e. The molecule has 0 spiro atoms. The highest BCUT2D eigenvalue weighted by Crippen LogP contribution is 2.38. The lowest BCUT2D eigenvalue weighted by Crippen LogP contribution is -2.61. The number of hydrogen-bond acceptors (Lipinski definition) is 14. The largest absolute Gasteiger partial charge is 0.508 e. The molecule has 0 amide bonds. The van der Waals surface area contributed by atoms with Gasteiger partial charge in [-0.3, -0.25) is 4.79 Å². The molecular formula is C39H32O14. The summed E-state index contributed by atoms with van der Waals surface area (Å²) in [5.41, 5.74) is 0.154. The highest BCUT2D eigenvalue weighted by molar-refractivity contribution is 5.89. The van der Waals surface area contributed by atoms with Crippen molar-refractivity contribution in [2.45, 2.75) is 37.6 Å². The summed E-state index contributed by atoms with van der Waals surface area (Å²) in [7, 11) is 0. The van der Waals surface area contributed by atoms with Gasteiger partial charge in [-0.15, -0.1) is 0 Å². The Morgan fingerprint density at radius 3 is 1.75 bits per heavy atom. The van der Waals surface area contributed by atoms with Gasteiger partial charge in [-0.2, -0.15) is 0 Å². The molecule has 272 valence electrons. The third-order valence-electron chi connectivity index (χ3n) is 8.15. The third kappa shape index (κ3) is 8.25. The first kappa shape index (κ1) is 36.0. The van der Waals surface area contributed by atoms with E-state index in [2.05, 4.69) is 0 Å². The number of phenols is 5. The zero-order valence-corrected chi connectivity index (χ0v) is 27.7. The predicted molar refractivity (Wildman–Crippen MR) is 188 cm³/mol. The molecular weight excluding hydrogens is 692 g/mol. The molecule has 0 saturated carbocycles. The molecule has 1 fully saturated rings. The van der Waals surface area contributed by atoms with E-state index in [0.717, 1.165) is 24.3 Å². The minimum atomic E-state index is -1.80. The SMILES string of the molecule is C[C@@H]1O[C@@H](Oc2c(-c3ccc(O)cc3)oc3cc(O)cc(O)c3c2=O)[C@H](OC(=O)C=Cc2ccc(O)cc2)[C@H](O)[C@H]1OC(=O)C=Cc1ccc(O)cc1. The van der Waals surface area contributed by atoms with E-state index in [0.29, 0.717) is 11.1 Å². The second kappa shape index (κ2) is 15.2. The number of hydrogen-bond donors (Lipinski definition) is 6. The van der Waals surface area contributed by atoms with Crippen LogP contribution in [0.25, 0.3) is 34.4 Å². The number of carbonyl (C=O) groups excluding carboxylic acids is 2. The second-order valence-electron chi connectivity index (χ2n) is 11.9. The summed E-state index contributed by atoms with van der Waals surface area (Å²) in [5.74, 6) is -3.77. The maximum atomic E-state index is 14.0. The highest BCUT2D eigenvalue weighted by atomic mass is 16.7. The van der Waals surface area contributed by atoms with Crippen LogP contribution in [0.2, 0.25) is 0 Å². The lowest BCUT2D eigenvalue weighted by molar-refractivity contribution is -0.275. The van der Waals surface area contributed by atoms with Crippen molar-refractivity contribution in [1.29, 1.82) is 0 Å². The number of phenolic OH excluding ortho intramolecular Hbond substituents is 5. The number of aliphatic hydroxyl groups is 1. The number of carbonyl (C=O) groups is 2. The Hall–Kier alpha value is -6.77. The summed E-state index contributed by atoms with van der Waals surface area (Å²) >= 11 is 0. The Balaban J connectivity index is 1.35. The van der Waals surface area contributed by atoms with E-state index in [1.807, 2.05) is 0 Å². The average Bonchev–Trinajstić information content (AvgIpc) is 3.12. The Morgan fingerprint density at radius 2 is 1.21 bits per heavy atom. The molecule has 2 heterocycles. The molecule has 14 nitrogen and oxygen atoms in total. The van der Waals surface area contributed by atoms with Gasteiger partial charge in [-0.25, -0.2) is 9.59 Å². The van der Waals surface area contributed by atoms with Crippen molar-refractivity contribution < 1.29 is 63.6 Å². The summed E-state index contributed by atoms with van der Waals surface area (Å²) in [4.78, 5) is 40.0. The van der Waals surface area contributed by atoms with Gasteiger partial charge < -0.3 is 54.0 Å². The first-order chi connectivity index (χ1) is 25.4. The van der Waals surface area contributed by atoms with Crippen LogP contribution in [-0.4, -0.2) is 73.3 Å². The molecule has 0 aliphatic carbocycles. The summed E-state index contributed by atoms with van der Waals surface area (Å²) in [6.45, 7) is 1.45. The van der Waals surface area contributed by atoms with Crippen LogP contribution in [0.3, 0.4) is 0 Å². The predicted octanol–water partition coefficient (Wildman–Crippen LogP) is 4.72. The molecule has 1 aliphatic heterocycles. The first-order valence-corrected chi connectivity index (χ1v) is 16.0. The molecule has 0 unspecified atom stereocenters. The van der Waals surface area contributed by atoms with E-state index in [9.17, 15) is 45.0 Å². The van der Waals surface area contributed by atoms with Gasteiger partial charge in [0, 0.05) is 29.8 Å². The van der Waals surface area contributed by atoms with Crippen LogP contribution < -0.4 is 10.2 Å². The molecule has 4 aromatic carbocycles. The molecule has 5 aromatic rings. The molecule has 0 radical (unpaired) electrons. The number of benzene rings is 4. The van der Waals surface area contributed by atoms with Crippen LogP contribution >= 0.6 is 0 Å². The Bertz CT molecular complexity index is 2240. The molecule has 53 heavy (non-hydrogen) atoms. The molecule has 1 aliphatic rings. The van der Waals surface area contributed by atoms with Gasteiger partial charge in [0.05, 0.1) is 6.10 Å². The maximum absolute atomic E-state index is 14.0. The fourth-order valence-electron chi connectivity index (χ4n) is 5.52. The van der Waals surface area contributed by atoms with Gasteiger partial charge in [0.15, 0.2) is 18.0 Å². The van der Waals surface area contributed by atoms with Crippen LogP contribution in [0.15, 0.2) is 106 Å². The Kier molecular flexibility index (Phi) is 10.4. The number of ether oxygens (including phenoxy) is 4. The quantitative estimate of drug-likeness (QED) is 0.0894. The van der Waals surface area contributed by atoms with Gasteiger partial charge in [0.25, 0.3) is 0 Å². The molecule has 14 heteroatoms. The smallest absolute Gasteiger partial charge is 0.331 e. The van der Waals surface area contributed by atoms with Crippen LogP contribution in [0.5, 0.6) is 34.5 Å². The van der Waals surface area contributed by atoms with Crippen molar-refractivity contribution >= 4 is 35.1 Å². The maximum Gasteiger partial charge on any atom is 0.331 e. The van der Waals surface area contributed by atoms with Crippen LogP contribution in [0.1, 0.15) is 18.1 Å². The normalized spacial score (nSPS) is 20.1. The highest BCUT2D eigenvalue weighted by Gasteiger charge is 2.49. The fourth-order valence-corrected chi connectivity index (χ4v) is 5.52. The number of fused-ring (bicyclic) bond motifs is 1. The summed E-state index contributed by atoms with van der Waals surface area (Å²) in [5, 5.41) is 60.8. The van der Waals surface area contributed by atoms with Gasteiger partial charge in [-0.05, 0) is 78.7 Å². The van der Waals surface area contributed by atoms with Crippen molar-refractivity contribution in [3.8, 4) is 45.8 Å². The van der Waals surface area contributed by atoms with Crippen LogP contribution in [-0.2, 0) is 23.8 Å². The lowest BCUT2D eigenvalue weighted by atomic mass is 9.99. The number of rotatable bonds is 9. The van der Waals surface area contributed by atoms with Crippen molar-refractivity contribution in [1.82, 2.24) is 0 Å². The van der Waals surface area contributed by atoms with E-state index in [-0.39, 0.29) is 39.5 Å². The standard InChI is InChI=1S/C39H32O14/c1-20-35(51-30(45)16-6-21-2-10-24(40)11-3-21)34(48)38(52-31(46)17-7-22-4-12-25(41)13-5-22)39(49-20)53-37-33(47)32-28(44)18-27(43)19-29(32)50-36(37)23-8-14-26(42)15-9-23/h2-20,34-35,38-44,48H,1H3/t20-,34+,35-,38+,39-/m0/s1. The first-order valence-electron chi connectivity index (χ1n) is 16.0. The van der Waals surface area contributed by atoms with Crippen molar-refractivity contribution in [2.75, 3.05) is 0 Å². The lowest BCUT2D eigenvalue weighted by Gasteiger charge is -2.41. The molecule has 0 bridgehead atoms. The van der Waals surface area contributed by atoms with Gasteiger partial charge in [0.2, 0.25) is 17.5 Å². The fraction of sp³-hybridized carbons (Fsp3) is 0.154.